The summed E-state index contributed by atoms with van der Waals surface area (Å²) in [6.45, 7) is 4.66. The molecule has 0 spiro atoms. The Hall–Kier alpha value is -2.28. The average Bonchev–Trinajstić information content (AvgIpc) is 2.92. The molecule has 4 rings (SSSR count). The van der Waals surface area contributed by atoms with Crippen molar-refractivity contribution in [2.24, 2.45) is 0 Å². The molecular formula is C20H23F3N4. The van der Waals surface area contributed by atoms with Crippen molar-refractivity contribution in [2.45, 2.75) is 45.1 Å². The number of alkyl halides is 3. The van der Waals surface area contributed by atoms with Gasteiger partial charge in [0.05, 0.1) is 0 Å². The molecule has 0 aromatic carbocycles. The summed E-state index contributed by atoms with van der Waals surface area (Å²) in [6.07, 6.45) is 3.50. The van der Waals surface area contributed by atoms with E-state index in [9.17, 15) is 13.2 Å². The van der Waals surface area contributed by atoms with Crippen molar-refractivity contribution in [3.63, 3.8) is 0 Å². The van der Waals surface area contributed by atoms with E-state index in [0.29, 0.717) is 13.0 Å². The fourth-order valence-corrected chi connectivity index (χ4v) is 3.91. The van der Waals surface area contributed by atoms with E-state index >= 15 is 0 Å². The minimum absolute atomic E-state index is 0.662. The van der Waals surface area contributed by atoms with Crippen LogP contribution in [0.2, 0.25) is 0 Å². The number of nitrogens with one attached hydrogen (secondary N) is 1. The van der Waals surface area contributed by atoms with Crippen LogP contribution >= 0.6 is 0 Å². The Balaban J connectivity index is 1.58. The van der Waals surface area contributed by atoms with Crippen molar-refractivity contribution in [3.8, 4) is 0 Å². The maximum Gasteiger partial charge on any atom is 0.412 e. The SMILES string of the molecule is Cc1cnc2c(c1)c1c(n2CCC2=CNC(C(F)(F)F)C=C2)CCN(C)C1. The van der Waals surface area contributed by atoms with Crippen LogP contribution in [0.4, 0.5) is 13.2 Å². The smallest absolute Gasteiger partial charge is 0.377 e. The van der Waals surface area contributed by atoms with Gasteiger partial charge < -0.3 is 14.8 Å². The molecule has 144 valence electrons. The van der Waals surface area contributed by atoms with Crippen LogP contribution in [0.25, 0.3) is 11.0 Å². The first-order valence-electron chi connectivity index (χ1n) is 9.18. The zero-order chi connectivity index (χ0) is 19.2. The van der Waals surface area contributed by atoms with Gasteiger partial charge in [0.2, 0.25) is 0 Å². The molecule has 4 heterocycles. The van der Waals surface area contributed by atoms with Gasteiger partial charge in [-0.25, -0.2) is 4.98 Å². The maximum absolute atomic E-state index is 12.7. The molecule has 1 N–H and O–H groups in total. The van der Waals surface area contributed by atoms with Gasteiger partial charge in [0.1, 0.15) is 11.7 Å². The normalized spacial score (nSPS) is 20.5. The monoisotopic (exact) mass is 376 g/mol. The van der Waals surface area contributed by atoms with Crippen molar-refractivity contribution >= 4 is 11.0 Å². The third-order valence-corrected chi connectivity index (χ3v) is 5.34. The van der Waals surface area contributed by atoms with Crippen molar-refractivity contribution < 1.29 is 13.2 Å². The van der Waals surface area contributed by atoms with Gasteiger partial charge in [0.15, 0.2) is 0 Å². The zero-order valence-electron chi connectivity index (χ0n) is 15.5. The van der Waals surface area contributed by atoms with Crippen molar-refractivity contribution in [2.75, 3.05) is 13.6 Å². The van der Waals surface area contributed by atoms with Crippen LogP contribution in [0.15, 0.2) is 36.2 Å². The van der Waals surface area contributed by atoms with Crippen molar-refractivity contribution in [3.05, 3.63) is 53.0 Å². The highest BCUT2D eigenvalue weighted by molar-refractivity contribution is 5.83. The molecular weight excluding hydrogens is 353 g/mol. The lowest BCUT2D eigenvalue weighted by molar-refractivity contribution is -0.142. The molecule has 0 fully saturated rings. The lowest BCUT2D eigenvalue weighted by Gasteiger charge is -2.24. The van der Waals surface area contributed by atoms with Crippen molar-refractivity contribution in [1.29, 1.82) is 0 Å². The van der Waals surface area contributed by atoms with E-state index in [1.807, 2.05) is 13.1 Å². The fourth-order valence-electron chi connectivity index (χ4n) is 3.91. The van der Waals surface area contributed by atoms with E-state index in [4.69, 9.17) is 0 Å². The van der Waals surface area contributed by atoms with Crippen LogP contribution in [0, 0.1) is 6.92 Å². The second-order valence-corrected chi connectivity index (χ2v) is 7.46. The third kappa shape index (κ3) is 3.48. The molecule has 2 aliphatic heterocycles. The number of hydrogen-bond acceptors (Lipinski definition) is 3. The Bertz CT molecular complexity index is 923. The lowest BCUT2D eigenvalue weighted by Crippen LogP contribution is -2.39. The summed E-state index contributed by atoms with van der Waals surface area (Å²) in [5.41, 5.74) is 5.62. The van der Waals surface area contributed by atoms with Gasteiger partial charge >= 0.3 is 6.18 Å². The molecule has 0 aliphatic carbocycles. The van der Waals surface area contributed by atoms with Crippen LogP contribution in [0.5, 0.6) is 0 Å². The quantitative estimate of drug-likeness (QED) is 0.887. The Kier molecular flexibility index (Phi) is 4.50. The van der Waals surface area contributed by atoms with Gasteiger partial charge in [0, 0.05) is 49.5 Å². The van der Waals surface area contributed by atoms with Crippen LogP contribution in [-0.2, 0) is 19.5 Å². The minimum atomic E-state index is -4.26. The number of pyridine rings is 1. The molecule has 0 amide bonds. The zero-order valence-corrected chi connectivity index (χ0v) is 15.5. The molecule has 0 saturated heterocycles. The molecule has 4 nitrogen and oxygen atoms in total. The molecule has 0 saturated carbocycles. The molecule has 2 aliphatic rings. The molecule has 2 aromatic heterocycles. The molecule has 2 aromatic rings. The topological polar surface area (TPSA) is 33.1 Å². The summed E-state index contributed by atoms with van der Waals surface area (Å²) < 4.78 is 40.5. The fraction of sp³-hybridized carbons (Fsp3) is 0.450. The Morgan fingerprint density at radius 3 is 2.85 bits per heavy atom. The molecule has 0 bridgehead atoms. The Morgan fingerprint density at radius 1 is 1.33 bits per heavy atom. The first-order valence-corrected chi connectivity index (χ1v) is 9.18. The largest absolute Gasteiger partial charge is 0.412 e. The highest BCUT2D eigenvalue weighted by Gasteiger charge is 2.38. The van der Waals surface area contributed by atoms with Crippen LogP contribution in [0.1, 0.15) is 23.2 Å². The third-order valence-electron chi connectivity index (χ3n) is 5.34. The van der Waals surface area contributed by atoms with Crippen molar-refractivity contribution in [1.82, 2.24) is 19.8 Å². The number of nitrogens with zero attached hydrogens (tertiary/aromatic N) is 3. The number of fused-ring (bicyclic) bond motifs is 3. The first-order chi connectivity index (χ1) is 12.8. The van der Waals surface area contributed by atoms with Gasteiger partial charge in [-0.2, -0.15) is 13.2 Å². The number of likely N-dealkylation sites (N-methyl/N-ethyl adjacent to an activating group) is 1. The van der Waals surface area contributed by atoms with E-state index in [1.54, 1.807) is 6.08 Å². The number of dihydropyridines is 1. The van der Waals surface area contributed by atoms with Crippen LogP contribution in [-0.4, -0.2) is 40.3 Å². The van der Waals surface area contributed by atoms with E-state index in [-0.39, 0.29) is 0 Å². The van der Waals surface area contributed by atoms with E-state index < -0.39 is 12.2 Å². The summed E-state index contributed by atoms with van der Waals surface area (Å²) >= 11 is 0. The molecule has 1 atom stereocenters. The molecule has 27 heavy (non-hydrogen) atoms. The highest BCUT2D eigenvalue weighted by Crippen LogP contribution is 2.31. The summed E-state index contributed by atoms with van der Waals surface area (Å²) in [5.74, 6) is 0. The van der Waals surface area contributed by atoms with Gasteiger partial charge in [-0.05, 0) is 43.2 Å². The number of rotatable bonds is 3. The van der Waals surface area contributed by atoms with Crippen LogP contribution in [0.3, 0.4) is 0 Å². The maximum atomic E-state index is 12.7. The minimum Gasteiger partial charge on any atom is -0.377 e. The lowest BCUT2D eigenvalue weighted by atomic mass is 10.0. The van der Waals surface area contributed by atoms with Gasteiger partial charge in [-0.15, -0.1) is 0 Å². The average molecular weight is 376 g/mol. The number of allylic oxidation sites excluding steroid dienone is 2. The van der Waals surface area contributed by atoms with E-state index in [0.717, 1.165) is 36.3 Å². The van der Waals surface area contributed by atoms with E-state index in [2.05, 4.69) is 32.9 Å². The van der Waals surface area contributed by atoms with Gasteiger partial charge in [-0.3, -0.25) is 0 Å². The van der Waals surface area contributed by atoms with Gasteiger partial charge in [0.25, 0.3) is 0 Å². The summed E-state index contributed by atoms with van der Waals surface area (Å²) in [4.78, 5) is 6.97. The molecule has 0 radical (unpaired) electrons. The number of aryl methyl sites for hydroxylation is 2. The predicted octanol–water partition coefficient (Wildman–Crippen LogP) is 3.70. The molecule has 1 unspecified atom stereocenters. The number of aromatic nitrogens is 2. The second kappa shape index (κ2) is 6.71. The number of halogens is 3. The molecule has 7 heteroatoms. The standard InChI is InChI=1S/C20H23F3N4/c1-13-9-15-16-12-26(2)7-6-17(16)27(19(15)25-10-13)8-5-14-3-4-18(24-11-14)20(21,22)23/h3-4,9-11,18,24H,5-8,12H2,1-2H3. The summed E-state index contributed by atoms with van der Waals surface area (Å²) in [5, 5.41) is 3.64. The Labute approximate surface area is 156 Å². The summed E-state index contributed by atoms with van der Waals surface area (Å²) in [7, 11) is 2.12. The Morgan fingerprint density at radius 2 is 2.15 bits per heavy atom. The van der Waals surface area contributed by atoms with Gasteiger partial charge in [-0.1, -0.05) is 12.2 Å². The van der Waals surface area contributed by atoms with Crippen LogP contribution < -0.4 is 5.32 Å². The summed E-state index contributed by atoms with van der Waals surface area (Å²) in [6, 6.07) is 0.591. The number of hydrogen-bond donors (Lipinski definition) is 1. The van der Waals surface area contributed by atoms with E-state index in [1.165, 1.54) is 28.9 Å². The predicted molar refractivity (Wildman–Crippen MR) is 99.3 cm³/mol. The first kappa shape index (κ1) is 18.1. The highest BCUT2D eigenvalue weighted by atomic mass is 19.4. The second-order valence-electron chi connectivity index (χ2n) is 7.46.